The van der Waals surface area contributed by atoms with Gasteiger partial charge < -0.3 is 11.1 Å². The number of nitrogens with zero attached hydrogens (tertiary/aromatic N) is 3. The molecule has 7 heteroatoms. The van der Waals surface area contributed by atoms with E-state index >= 15 is 0 Å². The Balaban J connectivity index is 1.34. The van der Waals surface area contributed by atoms with Crippen LogP contribution in [0.1, 0.15) is 28.8 Å². The quantitative estimate of drug-likeness (QED) is 0.644. The lowest BCUT2D eigenvalue weighted by atomic mass is 9.97. The number of piperidine rings is 1. The van der Waals surface area contributed by atoms with Crippen LogP contribution in [-0.4, -0.2) is 39.8 Å². The summed E-state index contributed by atoms with van der Waals surface area (Å²) in [5, 5.41) is 2.88. The number of primary amides is 1. The summed E-state index contributed by atoms with van der Waals surface area (Å²) in [6, 6.07) is 17.3. The molecule has 158 valence electrons. The van der Waals surface area contributed by atoms with E-state index in [0.29, 0.717) is 23.6 Å². The van der Waals surface area contributed by atoms with Gasteiger partial charge in [0.25, 0.3) is 5.91 Å². The van der Waals surface area contributed by atoms with Crippen LogP contribution in [0.3, 0.4) is 0 Å². The third-order valence-electron chi connectivity index (χ3n) is 5.47. The van der Waals surface area contributed by atoms with Crippen LogP contribution in [0.25, 0.3) is 11.4 Å². The summed E-state index contributed by atoms with van der Waals surface area (Å²) in [6.07, 6.45) is 4.91. The molecule has 31 heavy (non-hydrogen) atoms. The van der Waals surface area contributed by atoms with Gasteiger partial charge in [-0.3, -0.25) is 14.5 Å². The molecule has 0 radical (unpaired) electrons. The number of carbonyl (C=O) groups is 2. The molecule has 0 saturated carbocycles. The van der Waals surface area contributed by atoms with Crippen LogP contribution in [0.2, 0.25) is 0 Å². The maximum Gasteiger partial charge on any atom is 0.258 e. The molecule has 3 N–H and O–H groups in total. The Kier molecular flexibility index (Phi) is 6.33. The molecule has 1 atom stereocenters. The highest BCUT2D eigenvalue weighted by atomic mass is 16.2. The van der Waals surface area contributed by atoms with Crippen molar-refractivity contribution in [3.63, 3.8) is 0 Å². The van der Waals surface area contributed by atoms with Gasteiger partial charge in [-0.05, 0) is 37.1 Å². The minimum atomic E-state index is -0.257. The molecule has 1 unspecified atom stereocenters. The van der Waals surface area contributed by atoms with Crippen LogP contribution in [-0.2, 0) is 11.3 Å². The molecule has 1 aliphatic heterocycles. The van der Waals surface area contributed by atoms with E-state index in [4.69, 9.17) is 5.73 Å². The Morgan fingerprint density at radius 3 is 2.42 bits per heavy atom. The molecule has 2 heterocycles. The maximum atomic E-state index is 12.5. The van der Waals surface area contributed by atoms with Crippen LogP contribution in [0, 0.1) is 5.92 Å². The largest absolute Gasteiger partial charge is 0.369 e. The molecule has 7 nitrogen and oxygen atoms in total. The summed E-state index contributed by atoms with van der Waals surface area (Å²) in [6.45, 7) is 2.42. The van der Waals surface area contributed by atoms with Gasteiger partial charge in [-0.2, -0.15) is 0 Å². The summed E-state index contributed by atoms with van der Waals surface area (Å²) < 4.78 is 0. The summed E-state index contributed by atoms with van der Waals surface area (Å²) in [5.41, 5.74) is 8.59. The standard InChI is InChI=1S/C24H25N5O2/c25-22(30)19-7-4-12-29(16-19)15-17-8-10-21(11-9-17)28-24(31)20-13-26-23(27-14-20)18-5-2-1-3-6-18/h1-3,5-6,8-11,13-14,19H,4,7,12,15-16H2,(H2,25,30)(H,28,31). The Hall–Kier alpha value is -3.58. The lowest BCUT2D eigenvalue weighted by Gasteiger charge is -2.31. The van der Waals surface area contributed by atoms with E-state index in [-0.39, 0.29) is 17.7 Å². The van der Waals surface area contributed by atoms with Crippen molar-refractivity contribution in [3.8, 4) is 11.4 Å². The fourth-order valence-electron chi connectivity index (χ4n) is 3.77. The van der Waals surface area contributed by atoms with Crippen molar-refractivity contribution in [1.29, 1.82) is 0 Å². The van der Waals surface area contributed by atoms with E-state index in [2.05, 4.69) is 20.2 Å². The zero-order valence-electron chi connectivity index (χ0n) is 17.2. The van der Waals surface area contributed by atoms with Crippen LogP contribution in [0.5, 0.6) is 0 Å². The van der Waals surface area contributed by atoms with Gasteiger partial charge in [-0.25, -0.2) is 9.97 Å². The number of rotatable bonds is 6. The third kappa shape index (κ3) is 5.32. The van der Waals surface area contributed by atoms with Gasteiger partial charge in [0.1, 0.15) is 0 Å². The van der Waals surface area contributed by atoms with Crippen molar-refractivity contribution >= 4 is 17.5 Å². The van der Waals surface area contributed by atoms with Gasteiger partial charge >= 0.3 is 0 Å². The van der Waals surface area contributed by atoms with E-state index in [1.807, 2.05) is 54.6 Å². The summed E-state index contributed by atoms with van der Waals surface area (Å²) in [5.74, 6) is 0.0387. The minimum absolute atomic E-state index is 0.0668. The smallest absolute Gasteiger partial charge is 0.258 e. The topological polar surface area (TPSA) is 101 Å². The molecule has 1 saturated heterocycles. The first kappa shape index (κ1) is 20.7. The average Bonchev–Trinajstić information content (AvgIpc) is 2.81. The molecular formula is C24H25N5O2. The highest BCUT2D eigenvalue weighted by molar-refractivity contribution is 6.03. The van der Waals surface area contributed by atoms with E-state index in [1.54, 1.807) is 0 Å². The van der Waals surface area contributed by atoms with Crippen molar-refractivity contribution in [2.45, 2.75) is 19.4 Å². The van der Waals surface area contributed by atoms with E-state index < -0.39 is 0 Å². The number of carbonyl (C=O) groups excluding carboxylic acids is 2. The zero-order valence-corrected chi connectivity index (χ0v) is 17.2. The van der Waals surface area contributed by atoms with Crippen LogP contribution in [0.15, 0.2) is 67.0 Å². The number of nitrogens with two attached hydrogens (primary N) is 1. The maximum absolute atomic E-state index is 12.5. The Morgan fingerprint density at radius 2 is 1.74 bits per heavy atom. The molecule has 2 aromatic carbocycles. The predicted octanol–water partition coefficient (Wildman–Crippen LogP) is 3.09. The number of nitrogens with one attached hydrogen (secondary N) is 1. The first-order valence-electron chi connectivity index (χ1n) is 10.4. The zero-order chi connectivity index (χ0) is 21.6. The van der Waals surface area contributed by atoms with E-state index in [9.17, 15) is 9.59 Å². The highest BCUT2D eigenvalue weighted by Crippen LogP contribution is 2.20. The third-order valence-corrected chi connectivity index (χ3v) is 5.47. The number of hydrogen-bond acceptors (Lipinski definition) is 5. The molecule has 1 aliphatic rings. The molecule has 4 rings (SSSR count). The van der Waals surface area contributed by atoms with E-state index in [0.717, 1.165) is 37.1 Å². The summed E-state index contributed by atoms with van der Waals surface area (Å²) in [4.78, 5) is 34.8. The van der Waals surface area contributed by atoms with Crippen molar-refractivity contribution in [2.24, 2.45) is 11.7 Å². The van der Waals surface area contributed by atoms with Crippen molar-refractivity contribution in [3.05, 3.63) is 78.1 Å². The predicted molar refractivity (Wildman–Crippen MR) is 119 cm³/mol. The normalized spacial score (nSPS) is 16.6. The molecule has 0 spiro atoms. The van der Waals surface area contributed by atoms with Gasteiger partial charge in [-0.15, -0.1) is 0 Å². The van der Waals surface area contributed by atoms with Crippen LogP contribution >= 0.6 is 0 Å². The van der Waals surface area contributed by atoms with E-state index in [1.165, 1.54) is 12.4 Å². The number of aromatic nitrogens is 2. The molecule has 1 fully saturated rings. The van der Waals surface area contributed by atoms with Crippen molar-refractivity contribution < 1.29 is 9.59 Å². The highest BCUT2D eigenvalue weighted by Gasteiger charge is 2.23. The van der Waals surface area contributed by atoms with Crippen molar-refractivity contribution in [2.75, 3.05) is 18.4 Å². The van der Waals surface area contributed by atoms with Crippen LogP contribution in [0.4, 0.5) is 5.69 Å². The molecule has 2 amide bonds. The Morgan fingerprint density at radius 1 is 1.03 bits per heavy atom. The van der Waals surface area contributed by atoms with Gasteiger partial charge in [-0.1, -0.05) is 42.5 Å². The Labute approximate surface area is 181 Å². The second-order valence-electron chi connectivity index (χ2n) is 7.79. The molecule has 0 bridgehead atoms. The number of benzene rings is 2. The molecule has 0 aliphatic carbocycles. The van der Waals surface area contributed by atoms with Gasteiger partial charge in [0.2, 0.25) is 5.91 Å². The van der Waals surface area contributed by atoms with Gasteiger partial charge in [0.05, 0.1) is 11.5 Å². The molecule has 3 aromatic rings. The van der Waals surface area contributed by atoms with Crippen LogP contribution < -0.4 is 11.1 Å². The first-order valence-corrected chi connectivity index (χ1v) is 10.4. The lowest BCUT2D eigenvalue weighted by molar-refractivity contribution is -0.123. The second kappa shape index (κ2) is 9.49. The number of amides is 2. The summed E-state index contributed by atoms with van der Waals surface area (Å²) in [7, 11) is 0. The minimum Gasteiger partial charge on any atom is -0.369 e. The lowest BCUT2D eigenvalue weighted by Crippen LogP contribution is -2.40. The van der Waals surface area contributed by atoms with Gasteiger partial charge in [0.15, 0.2) is 5.82 Å². The SMILES string of the molecule is NC(=O)C1CCCN(Cc2ccc(NC(=O)c3cnc(-c4ccccc4)nc3)cc2)C1. The molecular weight excluding hydrogens is 390 g/mol. The first-order chi connectivity index (χ1) is 15.1. The average molecular weight is 415 g/mol. The number of anilines is 1. The summed E-state index contributed by atoms with van der Waals surface area (Å²) >= 11 is 0. The van der Waals surface area contributed by atoms with Gasteiger partial charge in [0, 0.05) is 36.7 Å². The number of likely N-dealkylation sites (tertiary alicyclic amines) is 1. The van der Waals surface area contributed by atoms with Crippen molar-refractivity contribution in [1.82, 2.24) is 14.9 Å². The fraction of sp³-hybridized carbons (Fsp3) is 0.250. The number of hydrogen-bond donors (Lipinski definition) is 2. The fourth-order valence-corrected chi connectivity index (χ4v) is 3.77. The second-order valence-corrected chi connectivity index (χ2v) is 7.79. The Bertz CT molecular complexity index is 1040. The monoisotopic (exact) mass is 415 g/mol. The molecule has 1 aromatic heterocycles.